The lowest BCUT2D eigenvalue weighted by molar-refractivity contribution is -0.169. The summed E-state index contributed by atoms with van der Waals surface area (Å²) in [6, 6.07) is 2.54. The summed E-state index contributed by atoms with van der Waals surface area (Å²) in [5.41, 5.74) is -0.567. The van der Waals surface area contributed by atoms with Crippen LogP contribution in [0.2, 0.25) is 12.1 Å². The summed E-state index contributed by atoms with van der Waals surface area (Å²) < 4.78 is 24.1. The maximum absolute atomic E-state index is 6.04. The minimum absolute atomic E-state index is 0.283. The highest BCUT2D eigenvalue weighted by Gasteiger charge is 2.27. The van der Waals surface area contributed by atoms with Crippen LogP contribution < -0.4 is 0 Å². The van der Waals surface area contributed by atoms with Gasteiger partial charge in [0.1, 0.15) is 10.8 Å². The summed E-state index contributed by atoms with van der Waals surface area (Å²) in [5.74, 6) is 0. The average molecular weight is 393 g/mol. The zero-order chi connectivity index (χ0) is 19.0. The Bertz CT molecular complexity index is 259. The zero-order valence-electron chi connectivity index (χ0n) is 17.8. The number of rotatable bonds is 18. The third kappa shape index (κ3) is 13.1. The molecule has 0 radical (unpaired) electrons. The van der Waals surface area contributed by atoms with Crippen LogP contribution in [0.15, 0.2) is 0 Å². The predicted molar refractivity (Wildman–Crippen MR) is 113 cm³/mol. The van der Waals surface area contributed by atoms with Crippen LogP contribution in [0.3, 0.4) is 0 Å². The molecule has 0 fully saturated rings. The van der Waals surface area contributed by atoms with Crippen LogP contribution in [-0.4, -0.2) is 56.3 Å². The standard InChI is InChI=1S/C19H44O4Si2/c1-7-12-20-18(5,21-13-8-2)24-16-11-17-25-19(6,22-14-9-3)23-15-10-4/h7-17,24-25H2,1-6H3. The molecule has 0 aromatic rings. The van der Waals surface area contributed by atoms with Gasteiger partial charge in [0.2, 0.25) is 0 Å². The quantitative estimate of drug-likeness (QED) is 0.203. The zero-order valence-corrected chi connectivity index (χ0v) is 20.7. The topological polar surface area (TPSA) is 36.9 Å². The maximum Gasteiger partial charge on any atom is 0.142 e. The highest BCUT2D eigenvalue weighted by molar-refractivity contribution is 6.40. The van der Waals surface area contributed by atoms with E-state index in [1.165, 1.54) is 18.5 Å². The van der Waals surface area contributed by atoms with Gasteiger partial charge >= 0.3 is 0 Å². The molecule has 0 aliphatic carbocycles. The van der Waals surface area contributed by atoms with E-state index in [1.807, 2.05) is 0 Å². The van der Waals surface area contributed by atoms with E-state index in [0.717, 1.165) is 52.1 Å². The molecule has 0 saturated heterocycles. The molecule has 6 heteroatoms. The summed E-state index contributed by atoms with van der Waals surface area (Å²) >= 11 is 0. The molecular weight excluding hydrogens is 348 g/mol. The highest BCUT2D eigenvalue weighted by Crippen LogP contribution is 2.18. The highest BCUT2D eigenvalue weighted by atomic mass is 28.2. The van der Waals surface area contributed by atoms with Gasteiger partial charge in [-0.15, -0.1) is 0 Å². The van der Waals surface area contributed by atoms with Crippen molar-refractivity contribution in [2.45, 2.75) is 96.6 Å². The van der Waals surface area contributed by atoms with Crippen molar-refractivity contribution in [2.24, 2.45) is 0 Å². The van der Waals surface area contributed by atoms with Gasteiger partial charge in [0.05, 0.1) is 19.0 Å². The normalized spacial score (nSPS) is 13.7. The van der Waals surface area contributed by atoms with Gasteiger partial charge in [-0.3, -0.25) is 0 Å². The fraction of sp³-hybridized carbons (Fsp3) is 1.00. The molecule has 0 aromatic carbocycles. The molecule has 0 aromatic heterocycles. The van der Waals surface area contributed by atoms with Crippen molar-refractivity contribution in [3.63, 3.8) is 0 Å². The molecule has 0 heterocycles. The average Bonchev–Trinajstić information content (AvgIpc) is 2.61. The molecule has 0 bridgehead atoms. The summed E-state index contributed by atoms with van der Waals surface area (Å²) in [6.07, 6.45) is 5.46. The molecule has 0 N–H and O–H groups in total. The molecule has 0 atom stereocenters. The first kappa shape index (κ1) is 25.3. The number of hydrogen-bond acceptors (Lipinski definition) is 4. The van der Waals surface area contributed by atoms with E-state index in [-0.39, 0.29) is 10.8 Å². The fourth-order valence-electron chi connectivity index (χ4n) is 2.71. The Morgan fingerprint density at radius 1 is 0.560 bits per heavy atom. The second-order valence-electron chi connectivity index (χ2n) is 7.22. The van der Waals surface area contributed by atoms with E-state index in [4.69, 9.17) is 18.9 Å². The fourth-order valence-corrected chi connectivity index (χ4v) is 7.07. The molecule has 0 spiro atoms. The van der Waals surface area contributed by atoms with E-state index in [0.29, 0.717) is 0 Å². The van der Waals surface area contributed by atoms with Crippen molar-refractivity contribution in [3.8, 4) is 0 Å². The van der Waals surface area contributed by atoms with Crippen molar-refractivity contribution in [1.82, 2.24) is 0 Å². The first-order valence-corrected chi connectivity index (χ1v) is 13.9. The van der Waals surface area contributed by atoms with Crippen LogP contribution in [0.5, 0.6) is 0 Å². The maximum atomic E-state index is 6.04. The molecule has 0 aliphatic rings. The van der Waals surface area contributed by atoms with E-state index >= 15 is 0 Å². The van der Waals surface area contributed by atoms with Gasteiger partial charge in [0.15, 0.2) is 0 Å². The van der Waals surface area contributed by atoms with Crippen LogP contribution >= 0.6 is 0 Å². The van der Waals surface area contributed by atoms with E-state index in [2.05, 4.69) is 41.5 Å². The summed E-state index contributed by atoms with van der Waals surface area (Å²) in [7, 11) is -0.823. The van der Waals surface area contributed by atoms with Crippen LogP contribution in [0.1, 0.15) is 73.6 Å². The number of ether oxygens (including phenoxy) is 4. The summed E-state index contributed by atoms with van der Waals surface area (Å²) in [5, 5.41) is 0. The Balaban J connectivity index is 4.22. The third-order valence-electron chi connectivity index (χ3n) is 4.21. The summed E-state index contributed by atoms with van der Waals surface area (Å²) in [6.45, 7) is 16.1. The third-order valence-corrected chi connectivity index (χ3v) is 8.55. The Kier molecular flexibility index (Phi) is 15.5. The van der Waals surface area contributed by atoms with Crippen LogP contribution in [0.4, 0.5) is 0 Å². The van der Waals surface area contributed by atoms with Crippen molar-refractivity contribution in [1.29, 1.82) is 0 Å². The minimum atomic E-state index is -0.412. The van der Waals surface area contributed by atoms with E-state index in [1.54, 1.807) is 0 Å². The minimum Gasteiger partial charge on any atom is -0.355 e. The Morgan fingerprint density at radius 3 is 1.08 bits per heavy atom. The lowest BCUT2D eigenvalue weighted by Crippen LogP contribution is -2.41. The van der Waals surface area contributed by atoms with Crippen molar-refractivity contribution in [2.75, 3.05) is 26.4 Å². The molecule has 0 unspecified atom stereocenters. The second-order valence-corrected chi connectivity index (χ2v) is 12.2. The van der Waals surface area contributed by atoms with Crippen LogP contribution in [-0.2, 0) is 18.9 Å². The van der Waals surface area contributed by atoms with E-state index < -0.39 is 19.0 Å². The van der Waals surface area contributed by atoms with Gasteiger partial charge < -0.3 is 18.9 Å². The summed E-state index contributed by atoms with van der Waals surface area (Å²) in [4.78, 5) is 0. The molecule has 25 heavy (non-hydrogen) atoms. The van der Waals surface area contributed by atoms with E-state index in [9.17, 15) is 0 Å². The van der Waals surface area contributed by atoms with Crippen LogP contribution in [0, 0.1) is 0 Å². The lowest BCUT2D eigenvalue weighted by Gasteiger charge is -2.31. The number of hydrogen-bond donors (Lipinski definition) is 0. The Morgan fingerprint density at radius 2 is 0.840 bits per heavy atom. The molecule has 0 aliphatic heterocycles. The largest absolute Gasteiger partial charge is 0.355 e. The SMILES string of the molecule is CCCOC(C)(OCCC)[SiH2]CCC[SiH2]C(C)(OCCC)OCCC. The van der Waals surface area contributed by atoms with Gasteiger partial charge in [0.25, 0.3) is 0 Å². The second kappa shape index (κ2) is 15.3. The van der Waals surface area contributed by atoms with Crippen LogP contribution in [0.25, 0.3) is 0 Å². The van der Waals surface area contributed by atoms with Crippen molar-refractivity contribution >= 4 is 19.0 Å². The molecular formula is C19H44O4Si2. The van der Waals surface area contributed by atoms with Crippen molar-refractivity contribution in [3.05, 3.63) is 0 Å². The van der Waals surface area contributed by atoms with Gasteiger partial charge in [-0.05, 0) is 39.5 Å². The first-order valence-electron chi connectivity index (χ1n) is 10.5. The Hall–Kier alpha value is 0.274. The van der Waals surface area contributed by atoms with Gasteiger partial charge in [0, 0.05) is 26.4 Å². The first-order chi connectivity index (χ1) is 11.9. The van der Waals surface area contributed by atoms with Crippen molar-refractivity contribution < 1.29 is 18.9 Å². The Labute approximate surface area is 161 Å². The molecule has 0 rings (SSSR count). The predicted octanol–water partition coefficient (Wildman–Crippen LogP) is 3.60. The van der Waals surface area contributed by atoms with Gasteiger partial charge in [-0.25, -0.2) is 0 Å². The molecule has 4 nitrogen and oxygen atoms in total. The monoisotopic (exact) mass is 392 g/mol. The molecule has 0 amide bonds. The van der Waals surface area contributed by atoms with Gasteiger partial charge in [-0.2, -0.15) is 0 Å². The molecule has 152 valence electrons. The lowest BCUT2D eigenvalue weighted by atomic mass is 10.5. The molecule has 0 saturated carbocycles. The smallest absolute Gasteiger partial charge is 0.142 e. The van der Waals surface area contributed by atoms with Gasteiger partial charge in [-0.1, -0.05) is 46.2 Å².